The lowest BCUT2D eigenvalue weighted by Gasteiger charge is -2.23. The highest BCUT2D eigenvalue weighted by molar-refractivity contribution is 7.94. The summed E-state index contributed by atoms with van der Waals surface area (Å²) in [6, 6.07) is 8.01. The summed E-state index contributed by atoms with van der Waals surface area (Å²) >= 11 is 1.05. The Labute approximate surface area is 143 Å². The van der Waals surface area contributed by atoms with Crippen molar-refractivity contribution in [1.29, 1.82) is 0 Å². The Balaban J connectivity index is 2.28. The molecule has 0 atom stereocenters. The number of carbonyl (C=O) groups is 1. The summed E-state index contributed by atoms with van der Waals surface area (Å²) in [7, 11) is -2.41. The fourth-order valence-electron chi connectivity index (χ4n) is 1.92. The van der Waals surface area contributed by atoms with Crippen molar-refractivity contribution in [2.24, 2.45) is 0 Å². The highest BCUT2D eigenvalue weighted by Gasteiger charge is 2.27. The van der Waals surface area contributed by atoms with Crippen LogP contribution >= 0.6 is 11.3 Å². The van der Waals surface area contributed by atoms with Crippen LogP contribution in [0.5, 0.6) is 0 Å². The molecule has 24 heavy (non-hydrogen) atoms. The van der Waals surface area contributed by atoms with Gasteiger partial charge in [0.2, 0.25) is 5.91 Å². The quantitative estimate of drug-likeness (QED) is 0.718. The number of nitrogens with zero attached hydrogens (tertiary/aromatic N) is 1. The molecule has 0 unspecified atom stereocenters. The molecule has 0 radical (unpaired) electrons. The third-order valence-electron chi connectivity index (χ3n) is 3.07. The van der Waals surface area contributed by atoms with Gasteiger partial charge >= 0.3 is 0 Å². The monoisotopic (exact) mass is 372 g/mol. The van der Waals surface area contributed by atoms with Crippen LogP contribution < -0.4 is 9.62 Å². The molecule has 0 aliphatic rings. The summed E-state index contributed by atoms with van der Waals surface area (Å²) in [5, 5.41) is 4.21. The largest absolute Gasteiger partial charge is 0.383 e. The van der Waals surface area contributed by atoms with Gasteiger partial charge in [0, 0.05) is 13.7 Å². The maximum Gasteiger partial charge on any atom is 0.274 e. The highest BCUT2D eigenvalue weighted by atomic mass is 32.2. The van der Waals surface area contributed by atoms with Crippen LogP contribution in [0.15, 0.2) is 46.0 Å². The van der Waals surface area contributed by atoms with Crippen molar-refractivity contribution in [3.05, 3.63) is 47.6 Å². The molecule has 1 aromatic heterocycles. The molecule has 0 aliphatic heterocycles. The third-order valence-corrected chi connectivity index (χ3v) is 6.22. The third kappa shape index (κ3) is 4.53. The van der Waals surface area contributed by atoms with Crippen LogP contribution in [-0.4, -0.2) is 41.1 Å². The minimum Gasteiger partial charge on any atom is -0.383 e. The van der Waals surface area contributed by atoms with Gasteiger partial charge in [0.05, 0.1) is 12.3 Å². The first-order valence-corrected chi connectivity index (χ1v) is 9.34. The molecular formula is C15H17FN2O4S2. The summed E-state index contributed by atoms with van der Waals surface area (Å²) in [4.78, 5) is 12.0. The summed E-state index contributed by atoms with van der Waals surface area (Å²) in [6.45, 7) is 0.182. The zero-order chi connectivity index (χ0) is 17.6. The van der Waals surface area contributed by atoms with E-state index in [2.05, 4.69) is 5.32 Å². The SMILES string of the molecule is COCCNC(=O)CN(c1ccc(F)cc1)S(=O)(=O)c1cccs1. The van der Waals surface area contributed by atoms with Crippen molar-refractivity contribution in [2.45, 2.75) is 4.21 Å². The minimum absolute atomic E-state index is 0.108. The van der Waals surface area contributed by atoms with Crippen LogP contribution in [0.2, 0.25) is 0 Å². The lowest BCUT2D eigenvalue weighted by Crippen LogP contribution is -2.41. The van der Waals surface area contributed by atoms with E-state index < -0.39 is 28.3 Å². The smallest absolute Gasteiger partial charge is 0.274 e. The van der Waals surface area contributed by atoms with Crippen LogP contribution in [0.1, 0.15) is 0 Å². The summed E-state index contributed by atoms with van der Waals surface area (Å²) in [5.41, 5.74) is 0.215. The van der Waals surface area contributed by atoms with Crippen LogP contribution in [-0.2, 0) is 19.6 Å². The number of halogens is 1. The van der Waals surface area contributed by atoms with E-state index in [0.717, 1.165) is 27.8 Å². The lowest BCUT2D eigenvalue weighted by atomic mass is 10.3. The van der Waals surface area contributed by atoms with Crippen LogP contribution in [0.4, 0.5) is 10.1 Å². The number of rotatable bonds is 8. The van der Waals surface area contributed by atoms with Crippen LogP contribution in [0.3, 0.4) is 0 Å². The van der Waals surface area contributed by atoms with Crippen LogP contribution in [0.25, 0.3) is 0 Å². The number of benzene rings is 1. The molecule has 130 valence electrons. The normalized spacial score (nSPS) is 11.2. The second-order valence-electron chi connectivity index (χ2n) is 4.76. The summed E-state index contributed by atoms with van der Waals surface area (Å²) in [5.74, 6) is -0.965. The van der Waals surface area contributed by atoms with Crippen LogP contribution in [0, 0.1) is 5.82 Å². The number of anilines is 1. The molecule has 2 rings (SSSR count). The van der Waals surface area contributed by atoms with E-state index in [-0.39, 0.29) is 16.4 Å². The van der Waals surface area contributed by atoms with Gasteiger partial charge in [0.1, 0.15) is 16.6 Å². The standard InChI is InChI=1S/C15H17FN2O4S2/c1-22-9-8-17-14(19)11-18(13-6-4-12(16)5-7-13)24(20,21)15-3-2-10-23-15/h2-7,10H,8-9,11H2,1H3,(H,17,19). The van der Waals surface area contributed by atoms with E-state index in [4.69, 9.17) is 4.74 Å². The fraction of sp³-hybridized carbons (Fsp3) is 0.267. The van der Waals surface area contributed by atoms with Gasteiger partial charge in [0.25, 0.3) is 10.0 Å². The van der Waals surface area contributed by atoms with E-state index in [1.54, 1.807) is 11.4 Å². The Kier molecular flexibility index (Phi) is 6.29. The Bertz CT molecular complexity index is 761. The molecule has 1 amide bonds. The van der Waals surface area contributed by atoms with Crippen molar-refractivity contribution in [3.8, 4) is 0 Å². The summed E-state index contributed by atoms with van der Waals surface area (Å²) < 4.78 is 44.6. The summed E-state index contributed by atoms with van der Waals surface area (Å²) in [6.07, 6.45) is 0. The van der Waals surface area contributed by atoms with E-state index in [0.29, 0.717) is 6.61 Å². The molecule has 6 nitrogen and oxygen atoms in total. The highest BCUT2D eigenvalue weighted by Crippen LogP contribution is 2.26. The van der Waals surface area contributed by atoms with Crippen molar-refractivity contribution < 1.29 is 22.3 Å². The van der Waals surface area contributed by atoms with Gasteiger partial charge in [-0.1, -0.05) is 6.07 Å². The lowest BCUT2D eigenvalue weighted by molar-refractivity contribution is -0.119. The molecule has 0 aliphatic carbocycles. The molecule has 0 saturated carbocycles. The molecule has 9 heteroatoms. The van der Waals surface area contributed by atoms with E-state index in [1.807, 2.05) is 0 Å². The Hall–Kier alpha value is -1.97. The maximum absolute atomic E-state index is 13.1. The predicted octanol–water partition coefficient (Wildman–Crippen LogP) is 1.85. The first kappa shape index (κ1) is 18.4. The van der Waals surface area contributed by atoms with Gasteiger partial charge in [-0.15, -0.1) is 11.3 Å². The van der Waals surface area contributed by atoms with Crippen molar-refractivity contribution >= 4 is 33.0 Å². The number of methoxy groups -OCH3 is 1. The molecule has 1 heterocycles. The molecule has 1 N–H and O–H groups in total. The Morgan fingerprint density at radius 2 is 2.00 bits per heavy atom. The first-order valence-electron chi connectivity index (χ1n) is 7.02. The van der Waals surface area contributed by atoms with Gasteiger partial charge in [0.15, 0.2) is 0 Å². The van der Waals surface area contributed by atoms with Gasteiger partial charge in [-0.2, -0.15) is 0 Å². The second kappa shape index (κ2) is 8.22. The Morgan fingerprint density at radius 3 is 2.58 bits per heavy atom. The molecular weight excluding hydrogens is 355 g/mol. The van der Waals surface area contributed by atoms with Gasteiger partial charge < -0.3 is 10.1 Å². The molecule has 0 fully saturated rings. The number of sulfonamides is 1. The van der Waals surface area contributed by atoms with E-state index >= 15 is 0 Å². The number of hydrogen-bond donors (Lipinski definition) is 1. The second-order valence-corrected chi connectivity index (χ2v) is 7.80. The number of amides is 1. The molecule has 0 spiro atoms. The van der Waals surface area contributed by atoms with E-state index in [9.17, 15) is 17.6 Å². The number of thiophene rings is 1. The average molecular weight is 372 g/mol. The molecule has 0 saturated heterocycles. The van der Waals surface area contributed by atoms with Gasteiger partial charge in [-0.25, -0.2) is 12.8 Å². The molecule has 0 bridgehead atoms. The molecule has 2 aromatic rings. The maximum atomic E-state index is 13.1. The van der Waals surface area contributed by atoms with Crippen molar-refractivity contribution in [1.82, 2.24) is 5.32 Å². The van der Waals surface area contributed by atoms with Gasteiger partial charge in [-0.05, 0) is 35.7 Å². The molecule has 1 aromatic carbocycles. The van der Waals surface area contributed by atoms with Gasteiger partial charge in [-0.3, -0.25) is 9.10 Å². The zero-order valence-electron chi connectivity index (χ0n) is 12.9. The Morgan fingerprint density at radius 1 is 1.29 bits per heavy atom. The topological polar surface area (TPSA) is 75.7 Å². The number of hydrogen-bond acceptors (Lipinski definition) is 5. The number of nitrogens with one attached hydrogen (secondary N) is 1. The van der Waals surface area contributed by atoms with Crippen molar-refractivity contribution in [2.75, 3.05) is 31.1 Å². The number of ether oxygens (including phenoxy) is 1. The predicted molar refractivity (Wildman–Crippen MR) is 90.1 cm³/mol. The zero-order valence-corrected chi connectivity index (χ0v) is 14.6. The first-order chi connectivity index (χ1) is 11.4. The minimum atomic E-state index is -3.91. The fourth-order valence-corrected chi connectivity index (χ4v) is 4.45. The van der Waals surface area contributed by atoms with E-state index in [1.165, 1.54) is 25.3 Å². The number of carbonyl (C=O) groups excluding carboxylic acids is 1. The van der Waals surface area contributed by atoms with Crippen molar-refractivity contribution in [3.63, 3.8) is 0 Å². The average Bonchev–Trinajstić information content (AvgIpc) is 3.09.